The first-order valence-corrected chi connectivity index (χ1v) is 7.27. The van der Waals surface area contributed by atoms with Gasteiger partial charge in [0.05, 0.1) is 18.1 Å². The van der Waals surface area contributed by atoms with E-state index >= 15 is 0 Å². The van der Waals surface area contributed by atoms with Crippen molar-refractivity contribution in [3.63, 3.8) is 0 Å². The smallest absolute Gasteiger partial charge is 0.338 e. The predicted octanol–water partition coefficient (Wildman–Crippen LogP) is 3.92. The van der Waals surface area contributed by atoms with Gasteiger partial charge in [-0.25, -0.2) is 4.79 Å². The zero-order valence-corrected chi connectivity index (χ0v) is 13.5. The van der Waals surface area contributed by atoms with Crippen molar-refractivity contribution in [2.75, 3.05) is 13.7 Å². The van der Waals surface area contributed by atoms with E-state index in [9.17, 15) is 4.79 Å². The summed E-state index contributed by atoms with van der Waals surface area (Å²) >= 11 is 12.2. The van der Waals surface area contributed by atoms with E-state index in [0.717, 1.165) is 0 Å². The molecular weight excluding hydrogens is 315 g/mol. The van der Waals surface area contributed by atoms with Gasteiger partial charge in [0.1, 0.15) is 5.76 Å². The molecule has 4 nitrogen and oxygen atoms in total. The minimum atomic E-state index is -0.622. The monoisotopic (exact) mass is 330 g/mol. The lowest BCUT2D eigenvalue weighted by molar-refractivity contribution is -0.139. The maximum absolute atomic E-state index is 12.2. The molecule has 114 valence electrons. The van der Waals surface area contributed by atoms with Gasteiger partial charge in [-0.3, -0.25) is 0 Å². The Balaban J connectivity index is 2.47. The Bertz CT molecular complexity index is 583. The minimum Gasteiger partial charge on any atom is -0.468 e. The van der Waals surface area contributed by atoms with Crippen molar-refractivity contribution in [2.24, 2.45) is 0 Å². The van der Waals surface area contributed by atoms with Gasteiger partial charge < -0.3 is 14.2 Å². The second-order valence-electron chi connectivity index (χ2n) is 4.56. The molecule has 6 heteroatoms. The molecule has 2 rings (SSSR count). The quantitative estimate of drug-likeness (QED) is 0.785. The summed E-state index contributed by atoms with van der Waals surface area (Å²) in [5, 5.41) is 0.977. The van der Waals surface area contributed by atoms with Crippen molar-refractivity contribution in [2.45, 2.75) is 26.1 Å². The van der Waals surface area contributed by atoms with Gasteiger partial charge in [-0.2, -0.15) is 0 Å². The van der Waals surface area contributed by atoms with Gasteiger partial charge in [0.15, 0.2) is 0 Å². The molecule has 0 N–H and O–H groups in total. The molecule has 1 aromatic rings. The lowest BCUT2D eigenvalue weighted by Gasteiger charge is -2.20. The van der Waals surface area contributed by atoms with Crippen LogP contribution in [-0.4, -0.2) is 26.0 Å². The maximum Gasteiger partial charge on any atom is 0.338 e. The number of hydrogen-bond acceptors (Lipinski definition) is 4. The number of allylic oxidation sites excluding steroid dienone is 1. The molecule has 1 aliphatic rings. The molecule has 2 atom stereocenters. The fourth-order valence-electron chi connectivity index (χ4n) is 2.38. The Morgan fingerprint density at radius 3 is 2.67 bits per heavy atom. The van der Waals surface area contributed by atoms with Gasteiger partial charge in [0.2, 0.25) is 6.29 Å². The van der Waals surface area contributed by atoms with E-state index in [4.69, 9.17) is 37.4 Å². The molecule has 1 heterocycles. The van der Waals surface area contributed by atoms with Crippen molar-refractivity contribution in [3.05, 3.63) is 45.1 Å². The number of halogens is 2. The molecule has 1 aromatic carbocycles. The van der Waals surface area contributed by atoms with Gasteiger partial charge in [-0.05, 0) is 31.5 Å². The van der Waals surface area contributed by atoms with E-state index in [1.54, 1.807) is 32.0 Å². The molecule has 21 heavy (non-hydrogen) atoms. The third-order valence-electron chi connectivity index (χ3n) is 3.28. The molecule has 0 saturated heterocycles. The van der Waals surface area contributed by atoms with Crippen LogP contribution in [-0.2, 0) is 19.0 Å². The first-order valence-electron chi connectivity index (χ1n) is 6.51. The Hall–Kier alpha value is -1.23. The van der Waals surface area contributed by atoms with Crippen LogP contribution < -0.4 is 0 Å². The summed E-state index contributed by atoms with van der Waals surface area (Å²) < 4.78 is 16.0. The molecule has 0 saturated carbocycles. The maximum atomic E-state index is 12.2. The number of hydrogen-bond donors (Lipinski definition) is 0. The fourth-order valence-corrected chi connectivity index (χ4v) is 2.91. The van der Waals surface area contributed by atoms with E-state index in [-0.39, 0.29) is 6.61 Å². The second-order valence-corrected chi connectivity index (χ2v) is 5.40. The summed E-state index contributed by atoms with van der Waals surface area (Å²) in [6.45, 7) is 3.75. The van der Waals surface area contributed by atoms with Gasteiger partial charge in [-0.1, -0.05) is 29.3 Å². The second kappa shape index (κ2) is 6.69. The van der Waals surface area contributed by atoms with E-state index in [1.807, 2.05) is 0 Å². The zero-order chi connectivity index (χ0) is 15.6. The Morgan fingerprint density at radius 1 is 1.38 bits per heavy atom. The molecule has 2 unspecified atom stereocenters. The standard InChI is InChI=1S/C15H16Cl2O4/c1-4-20-14(18)12-8(2)21-15(19-3)13(12)10-6-5-9(16)7-11(10)17/h5-7,13,15H,4H2,1-3H3. The number of rotatable bonds is 4. The molecular formula is C15H16Cl2O4. The fraction of sp³-hybridized carbons (Fsp3) is 0.400. The Kier molecular flexibility index (Phi) is 5.14. The molecule has 0 spiro atoms. The van der Waals surface area contributed by atoms with Gasteiger partial charge in [0.25, 0.3) is 0 Å². The van der Waals surface area contributed by atoms with Gasteiger partial charge >= 0.3 is 5.97 Å². The van der Waals surface area contributed by atoms with Crippen LogP contribution in [0, 0.1) is 0 Å². The lowest BCUT2D eigenvalue weighted by atomic mass is 9.91. The van der Waals surface area contributed by atoms with Crippen LogP contribution >= 0.6 is 23.2 Å². The zero-order valence-electron chi connectivity index (χ0n) is 12.0. The molecule has 0 amide bonds. The number of esters is 1. The van der Waals surface area contributed by atoms with E-state index < -0.39 is 18.2 Å². The molecule has 0 bridgehead atoms. The van der Waals surface area contributed by atoms with E-state index in [2.05, 4.69) is 0 Å². The van der Waals surface area contributed by atoms with Crippen molar-refractivity contribution < 1.29 is 19.0 Å². The van der Waals surface area contributed by atoms with Crippen molar-refractivity contribution >= 4 is 29.2 Å². The molecule has 0 aliphatic carbocycles. The highest BCUT2D eigenvalue weighted by molar-refractivity contribution is 6.35. The van der Waals surface area contributed by atoms with Gasteiger partial charge in [-0.15, -0.1) is 0 Å². The third-order valence-corrected chi connectivity index (χ3v) is 3.84. The normalized spacial score (nSPS) is 21.4. The average Bonchev–Trinajstić information content (AvgIpc) is 2.75. The summed E-state index contributed by atoms with van der Waals surface area (Å²) in [4.78, 5) is 12.2. The molecule has 1 aliphatic heterocycles. The number of carbonyl (C=O) groups is 1. The predicted molar refractivity (Wildman–Crippen MR) is 80.4 cm³/mol. The lowest BCUT2D eigenvalue weighted by Crippen LogP contribution is -2.23. The van der Waals surface area contributed by atoms with E-state index in [0.29, 0.717) is 26.9 Å². The van der Waals surface area contributed by atoms with Crippen molar-refractivity contribution in [1.29, 1.82) is 0 Å². The van der Waals surface area contributed by atoms with E-state index in [1.165, 1.54) is 7.11 Å². The highest BCUT2D eigenvalue weighted by Crippen LogP contribution is 2.42. The average molecular weight is 331 g/mol. The first kappa shape index (κ1) is 16.1. The summed E-state index contributed by atoms with van der Waals surface area (Å²) in [6.07, 6.45) is -0.622. The summed E-state index contributed by atoms with van der Waals surface area (Å²) in [5.41, 5.74) is 1.14. The first-order chi connectivity index (χ1) is 9.99. The number of methoxy groups -OCH3 is 1. The summed E-state index contributed by atoms with van der Waals surface area (Å²) in [6, 6.07) is 5.11. The van der Waals surface area contributed by atoms with Crippen LogP contribution in [0.3, 0.4) is 0 Å². The number of carbonyl (C=O) groups excluding carboxylic acids is 1. The van der Waals surface area contributed by atoms with Crippen molar-refractivity contribution in [3.8, 4) is 0 Å². The Labute approximate surface area is 133 Å². The molecule has 0 fully saturated rings. The number of ether oxygens (including phenoxy) is 3. The Morgan fingerprint density at radius 2 is 2.10 bits per heavy atom. The topological polar surface area (TPSA) is 44.8 Å². The highest BCUT2D eigenvalue weighted by Gasteiger charge is 2.41. The molecule has 0 aromatic heterocycles. The number of benzene rings is 1. The van der Waals surface area contributed by atoms with Crippen LogP contribution in [0.1, 0.15) is 25.3 Å². The van der Waals surface area contributed by atoms with Crippen molar-refractivity contribution in [1.82, 2.24) is 0 Å². The SMILES string of the molecule is CCOC(=O)C1=C(C)OC(OC)C1c1ccc(Cl)cc1Cl. The summed E-state index contributed by atoms with van der Waals surface area (Å²) in [7, 11) is 1.52. The molecule has 0 radical (unpaired) electrons. The highest BCUT2D eigenvalue weighted by atomic mass is 35.5. The summed E-state index contributed by atoms with van der Waals surface area (Å²) in [5.74, 6) is -0.388. The third kappa shape index (κ3) is 3.18. The van der Waals surface area contributed by atoms with Crippen LogP contribution in [0.4, 0.5) is 0 Å². The largest absolute Gasteiger partial charge is 0.468 e. The van der Waals surface area contributed by atoms with Gasteiger partial charge in [0, 0.05) is 17.2 Å². The van der Waals surface area contributed by atoms with Crippen LogP contribution in [0.15, 0.2) is 29.5 Å². The van der Waals surface area contributed by atoms with Crippen LogP contribution in [0.2, 0.25) is 10.0 Å². The van der Waals surface area contributed by atoms with Crippen LogP contribution in [0.25, 0.3) is 0 Å². The van der Waals surface area contributed by atoms with Crippen LogP contribution in [0.5, 0.6) is 0 Å². The minimum absolute atomic E-state index is 0.286.